The molecule has 0 heteroatoms. The van der Waals surface area contributed by atoms with Gasteiger partial charge in [0.15, 0.2) is 0 Å². The Morgan fingerprint density at radius 2 is 1.34 bits per heavy atom. The molecule has 0 heterocycles. The second-order valence-electron chi connectivity index (χ2n) is 8.74. The highest BCUT2D eigenvalue weighted by molar-refractivity contribution is 5.81. The summed E-state index contributed by atoms with van der Waals surface area (Å²) in [6.07, 6.45) is 1.99. The van der Waals surface area contributed by atoms with Gasteiger partial charge in [-0.25, -0.2) is 0 Å². The maximum absolute atomic E-state index is 2.40. The SMILES string of the molecule is CCC(C)=c1ccc(C)cc1=C(c1ccccc1)c1cc(Cc2ccccc2)ccc1C. The highest BCUT2D eigenvalue weighted by Gasteiger charge is 2.12. The minimum atomic E-state index is 0.941. The van der Waals surface area contributed by atoms with Crippen molar-refractivity contribution in [2.24, 2.45) is 0 Å². The molecule has 0 bridgehead atoms. The van der Waals surface area contributed by atoms with Crippen LogP contribution in [0.4, 0.5) is 0 Å². The summed E-state index contributed by atoms with van der Waals surface area (Å²) in [7, 11) is 0. The van der Waals surface area contributed by atoms with Gasteiger partial charge in [0.25, 0.3) is 0 Å². The van der Waals surface area contributed by atoms with Gasteiger partial charge in [-0.05, 0) is 77.4 Å². The summed E-state index contributed by atoms with van der Waals surface area (Å²) in [5.74, 6) is 0. The Bertz CT molecular complexity index is 1330. The molecule has 0 radical (unpaired) electrons. The Labute approximate surface area is 192 Å². The number of aryl methyl sites for hydroxylation is 2. The van der Waals surface area contributed by atoms with E-state index in [0.29, 0.717) is 0 Å². The van der Waals surface area contributed by atoms with Crippen LogP contribution < -0.4 is 10.4 Å². The highest BCUT2D eigenvalue weighted by atomic mass is 14.2. The monoisotopic (exact) mass is 416 g/mol. The molecule has 4 rings (SSSR count). The molecule has 0 aliphatic rings. The maximum Gasteiger partial charge on any atom is -0.00256 e. The van der Waals surface area contributed by atoms with Gasteiger partial charge in [0.2, 0.25) is 0 Å². The average Bonchev–Trinajstić information content (AvgIpc) is 2.82. The lowest BCUT2D eigenvalue weighted by molar-refractivity contribution is 1.18. The predicted octanol–water partition coefficient (Wildman–Crippen LogP) is 6.72. The summed E-state index contributed by atoms with van der Waals surface area (Å²) in [5.41, 5.74) is 10.6. The Morgan fingerprint density at radius 1 is 0.656 bits per heavy atom. The summed E-state index contributed by atoms with van der Waals surface area (Å²) in [6.45, 7) is 8.93. The zero-order chi connectivity index (χ0) is 22.5. The number of rotatable bonds is 5. The van der Waals surface area contributed by atoms with Crippen molar-refractivity contribution >= 4 is 11.1 Å². The van der Waals surface area contributed by atoms with Crippen LogP contribution in [0, 0.1) is 13.8 Å². The Morgan fingerprint density at radius 3 is 2.03 bits per heavy atom. The van der Waals surface area contributed by atoms with Gasteiger partial charge in [0.1, 0.15) is 0 Å². The predicted molar refractivity (Wildman–Crippen MR) is 138 cm³/mol. The van der Waals surface area contributed by atoms with Crippen LogP contribution in [0.15, 0.2) is 97.1 Å². The zero-order valence-electron chi connectivity index (χ0n) is 19.7. The molecule has 0 saturated carbocycles. The number of benzene rings is 4. The largest absolute Gasteiger partial charge is 0.0657 e. The lowest BCUT2D eigenvalue weighted by Crippen LogP contribution is -2.30. The Kier molecular flexibility index (Phi) is 6.71. The normalized spacial score (nSPS) is 13.0. The molecule has 0 N–H and O–H groups in total. The van der Waals surface area contributed by atoms with Crippen molar-refractivity contribution in [3.63, 3.8) is 0 Å². The second kappa shape index (κ2) is 9.83. The van der Waals surface area contributed by atoms with Gasteiger partial charge in [-0.1, -0.05) is 115 Å². The molecular weight excluding hydrogens is 384 g/mol. The van der Waals surface area contributed by atoms with Crippen molar-refractivity contribution in [2.45, 2.75) is 40.5 Å². The van der Waals surface area contributed by atoms with E-state index in [1.807, 2.05) is 0 Å². The highest BCUT2D eigenvalue weighted by Crippen LogP contribution is 2.26. The van der Waals surface area contributed by atoms with Crippen LogP contribution >= 0.6 is 0 Å². The van der Waals surface area contributed by atoms with Crippen molar-refractivity contribution in [1.29, 1.82) is 0 Å². The zero-order valence-corrected chi connectivity index (χ0v) is 19.7. The van der Waals surface area contributed by atoms with Crippen molar-refractivity contribution in [3.8, 4) is 0 Å². The molecule has 0 fully saturated rings. The summed E-state index contributed by atoms with van der Waals surface area (Å²) >= 11 is 0. The fraction of sp³-hybridized carbons (Fsp3) is 0.188. The first kappa shape index (κ1) is 21.8. The fourth-order valence-corrected chi connectivity index (χ4v) is 4.37. The summed E-state index contributed by atoms with van der Waals surface area (Å²) < 4.78 is 0. The Hall–Kier alpha value is -3.38. The van der Waals surface area contributed by atoms with Gasteiger partial charge in [0, 0.05) is 0 Å². The van der Waals surface area contributed by atoms with Gasteiger partial charge in [0.05, 0.1) is 0 Å². The maximum atomic E-state index is 2.40. The van der Waals surface area contributed by atoms with E-state index in [1.165, 1.54) is 55.0 Å². The molecule has 0 amide bonds. The first-order valence-corrected chi connectivity index (χ1v) is 11.6. The van der Waals surface area contributed by atoms with Crippen molar-refractivity contribution < 1.29 is 0 Å². The number of hydrogen-bond donors (Lipinski definition) is 0. The molecule has 0 aliphatic carbocycles. The average molecular weight is 417 g/mol. The molecule has 160 valence electrons. The van der Waals surface area contributed by atoms with E-state index in [4.69, 9.17) is 0 Å². The summed E-state index contributed by atoms with van der Waals surface area (Å²) in [5, 5.41) is 2.68. The molecule has 0 aliphatic heterocycles. The molecule has 0 atom stereocenters. The van der Waals surface area contributed by atoms with Gasteiger partial charge in [-0.2, -0.15) is 0 Å². The first-order valence-electron chi connectivity index (χ1n) is 11.6. The van der Waals surface area contributed by atoms with Crippen molar-refractivity contribution in [1.82, 2.24) is 0 Å². The minimum absolute atomic E-state index is 0.941. The van der Waals surface area contributed by atoms with Crippen LogP contribution in [-0.4, -0.2) is 0 Å². The van der Waals surface area contributed by atoms with Crippen molar-refractivity contribution in [2.75, 3.05) is 0 Å². The van der Waals surface area contributed by atoms with E-state index in [2.05, 4.69) is 125 Å². The third kappa shape index (κ3) is 4.75. The molecule has 4 aromatic carbocycles. The van der Waals surface area contributed by atoms with Crippen LogP contribution in [0.5, 0.6) is 0 Å². The van der Waals surface area contributed by atoms with E-state index in [9.17, 15) is 0 Å². The van der Waals surface area contributed by atoms with E-state index in [-0.39, 0.29) is 0 Å². The number of hydrogen-bond acceptors (Lipinski definition) is 0. The topological polar surface area (TPSA) is 0 Å². The lowest BCUT2D eigenvalue weighted by atomic mass is 9.88. The smallest absolute Gasteiger partial charge is 0.00256 e. The second-order valence-corrected chi connectivity index (χ2v) is 8.74. The molecule has 0 nitrogen and oxygen atoms in total. The lowest BCUT2D eigenvalue weighted by Gasteiger charge is -2.15. The molecule has 0 aromatic heterocycles. The molecule has 32 heavy (non-hydrogen) atoms. The third-order valence-corrected chi connectivity index (χ3v) is 6.32. The molecular formula is C32H32. The van der Waals surface area contributed by atoms with Gasteiger partial charge < -0.3 is 0 Å². The van der Waals surface area contributed by atoms with Crippen LogP contribution in [0.3, 0.4) is 0 Å². The Balaban J connectivity index is 2.05. The van der Waals surface area contributed by atoms with E-state index in [0.717, 1.165) is 12.8 Å². The van der Waals surface area contributed by atoms with Gasteiger partial charge in [-0.15, -0.1) is 0 Å². The van der Waals surface area contributed by atoms with Gasteiger partial charge >= 0.3 is 0 Å². The van der Waals surface area contributed by atoms with E-state index in [1.54, 1.807) is 0 Å². The molecule has 0 saturated heterocycles. The minimum Gasteiger partial charge on any atom is -0.0657 e. The first-order chi connectivity index (χ1) is 15.6. The molecule has 0 unspecified atom stereocenters. The van der Waals surface area contributed by atoms with Gasteiger partial charge in [-0.3, -0.25) is 0 Å². The summed E-state index contributed by atoms with van der Waals surface area (Å²) in [6, 6.07) is 35.5. The van der Waals surface area contributed by atoms with Crippen LogP contribution in [0.2, 0.25) is 0 Å². The standard InChI is InChI=1S/C32H32/c1-5-24(3)29-19-16-23(2)20-31(29)32(28-14-10-7-11-15-28)30-22-27(18-17-25(30)4)21-26-12-8-6-9-13-26/h6-20,22H,5,21H2,1-4H3. The van der Waals surface area contributed by atoms with Crippen LogP contribution in [0.25, 0.3) is 11.1 Å². The molecule has 4 aromatic rings. The quantitative estimate of drug-likeness (QED) is 0.339. The van der Waals surface area contributed by atoms with Crippen molar-refractivity contribution in [3.05, 3.63) is 141 Å². The third-order valence-electron chi connectivity index (χ3n) is 6.32. The molecule has 0 spiro atoms. The van der Waals surface area contributed by atoms with E-state index >= 15 is 0 Å². The van der Waals surface area contributed by atoms with Crippen LogP contribution in [-0.2, 0) is 6.42 Å². The van der Waals surface area contributed by atoms with Crippen LogP contribution in [0.1, 0.15) is 53.6 Å². The van der Waals surface area contributed by atoms with E-state index < -0.39 is 0 Å². The fourth-order valence-electron chi connectivity index (χ4n) is 4.37. The summed E-state index contributed by atoms with van der Waals surface area (Å²) in [4.78, 5) is 0.